The summed E-state index contributed by atoms with van der Waals surface area (Å²) < 4.78 is 12.4. The van der Waals surface area contributed by atoms with Crippen molar-refractivity contribution in [2.75, 3.05) is 13.2 Å². The van der Waals surface area contributed by atoms with Crippen molar-refractivity contribution in [1.29, 1.82) is 0 Å². The first-order chi connectivity index (χ1) is 10.1. The summed E-state index contributed by atoms with van der Waals surface area (Å²) in [5.41, 5.74) is 1.68. The van der Waals surface area contributed by atoms with Crippen molar-refractivity contribution < 1.29 is 9.47 Å². The van der Waals surface area contributed by atoms with E-state index < -0.39 is 0 Å². The highest BCUT2D eigenvalue weighted by molar-refractivity contribution is 5.09. The first kappa shape index (κ1) is 15.3. The Morgan fingerprint density at radius 2 is 2.00 bits per heavy atom. The molecule has 1 spiro atoms. The zero-order chi connectivity index (χ0) is 14.9. The van der Waals surface area contributed by atoms with E-state index in [-0.39, 0.29) is 5.79 Å². The molecule has 21 heavy (non-hydrogen) atoms. The van der Waals surface area contributed by atoms with Crippen LogP contribution in [0.3, 0.4) is 0 Å². The highest BCUT2D eigenvalue weighted by Gasteiger charge is 2.62. The molecule has 1 saturated heterocycles. The van der Waals surface area contributed by atoms with Gasteiger partial charge in [0.25, 0.3) is 0 Å². The molecule has 0 aromatic carbocycles. The Bertz CT molecular complexity index is 408. The summed E-state index contributed by atoms with van der Waals surface area (Å²) in [6.07, 6.45) is 11.9. The van der Waals surface area contributed by atoms with Gasteiger partial charge in [0, 0.05) is 12.3 Å². The van der Waals surface area contributed by atoms with Crippen molar-refractivity contribution in [1.82, 2.24) is 0 Å². The molecule has 0 aromatic heterocycles. The van der Waals surface area contributed by atoms with Crippen molar-refractivity contribution in [2.45, 2.75) is 64.1 Å². The van der Waals surface area contributed by atoms with Gasteiger partial charge in [0.05, 0.1) is 13.2 Å². The third-order valence-corrected chi connectivity index (χ3v) is 6.09. The quantitative estimate of drug-likeness (QED) is 0.673. The Labute approximate surface area is 129 Å². The lowest BCUT2D eigenvalue weighted by Gasteiger charge is -2.48. The summed E-state index contributed by atoms with van der Waals surface area (Å²) in [5.74, 6) is 0.998. The number of hydrogen-bond donors (Lipinski definition) is 0. The summed E-state index contributed by atoms with van der Waals surface area (Å²) in [6, 6.07) is 0. The third kappa shape index (κ3) is 2.61. The van der Waals surface area contributed by atoms with Crippen LogP contribution in [0.25, 0.3) is 0 Å². The maximum atomic E-state index is 6.20. The van der Waals surface area contributed by atoms with Crippen LogP contribution in [0.4, 0.5) is 0 Å². The van der Waals surface area contributed by atoms with Crippen LogP contribution >= 0.6 is 0 Å². The molecule has 2 saturated carbocycles. The van der Waals surface area contributed by atoms with E-state index in [4.69, 9.17) is 9.47 Å². The third-order valence-electron chi connectivity index (χ3n) is 6.09. The monoisotopic (exact) mass is 290 g/mol. The lowest BCUT2D eigenvalue weighted by molar-refractivity contribution is -0.214. The predicted molar refractivity (Wildman–Crippen MR) is 86.0 cm³/mol. The highest BCUT2D eigenvalue weighted by atomic mass is 16.7. The summed E-state index contributed by atoms with van der Waals surface area (Å²) in [4.78, 5) is 0. The van der Waals surface area contributed by atoms with Gasteiger partial charge in [0.1, 0.15) is 0 Å². The van der Waals surface area contributed by atoms with Gasteiger partial charge < -0.3 is 9.47 Å². The second-order valence-electron chi connectivity index (χ2n) is 7.49. The molecule has 1 aliphatic heterocycles. The van der Waals surface area contributed by atoms with Crippen LogP contribution in [0.1, 0.15) is 58.3 Å². The molecule has 3 fully saturated rings. The van der Waals surface area contributed by atoms with Crippen molar-refractivity contribution in [3.8, 4) is 0 Å². The summed E-state index contributed by atoms with van der Waals surface area (Å²) in [6.45, 7) is 11.8. The molecule has 1 heterocycles. The highest BCUT2D eigenvalue weighted by Crippen LogP contribution is 2.63. The van der Waals surface area contributed by atoms with Crippen molar-refractivity contribution >= 4 is 0 Å². The molecule has 0 bridgehead atoms. The van der Waals surface area contributed by atoms with Gasteiger partial charge in [0.15, 0.2) is 5.79 Å². The Hall–Kier alpha value is -0.600. The van der Waals surface area contributed by atoms with Gasteiger partial charge in [-0.3, -0.25) is 0 Å². The summed E-state index contributed by atoms with van der Waals surface area (Å²) >= 11 is 0. The summed E-state index contributed by atoms with van der Waals surface area (Å²) in [7, 11) is 0. The zero-order valence-corrected chi connectivity index (χ0v) is 13.5. The number of rotatable bonds is 5. The maximum Gasteiger partial charge on any atom is 0.172 e. The minimum Gasteiger partial charge on any atom is -0.347 e. The number of hydrogen-bond acceptors (Lipinski definition) is 2. The lowest BCUT2D eigenvalue weighted by Crippen LogP contribution is -2.47. The molecular formula is C19H30O2. The van der Waals surface area contributed by atoms with Gasteiger partial charge in [-0.05, 0) is 56.8 Å². The molecule has 3 aliphatic rings. The van der Waals surface area contributed by atoms with Crippen molar-refractivity contribution in [3.63, 3.8) is 0 Å². The van der Waals surface area contributed by atoms with Gasteiger partial charge in [-0.1, -0.05) is 18.1 Å². The molecule has 0 radical (unpaired) electrons. The van der Waals surface area contributed by atoms with Crippen LogP contribution < -0.4 is 0 Å². The van der Waals surface area contributed by atoms with Gasteiger partial charge in [-0.2, -0.15) is 0 Å². The van der Waals surface area contributed by atoms with Gasteiger partial charge in [-0.15, -0.1) is 13.2 Å². The van der Waals surface area contributed by atoms with E-state index in [9.17, 15) is 0 Å². The molecule has 3 rings (SSSR count). The molecule has 2 aliphatic carbocycles. The van der Waals surface area contributed by atoms with Crippen LogP contribution in [-0.2, 0) is 9.47 Å². The van der Waals surface area contributed by atoms with Crippen LogP contribution in [0.15, 0.2) is 24.8 Å². The topological polar surface area (TPSA) is 18.5 Å². The first-order valence-electron chi connectivity index (χ1n) is 8.65. The van der Waals surface area contributed by atoms with Crippen LogP contribution in [0.2, 0.25) is 0 Å². The molecule has 0 unspecified atom stereocenters. The number of allylic oxidation sites excluding steroid dienone is 2. The molecule has 0 N–H and O–H groups in total. The van der Waals surface area contributed by atoms with Gasteiger partial charge >= 0.3 is 0 Å². The molecule has 0 aromatic rings. The molecule has 0 amide bonds. The fraction of sp³-hybridized carbons (Fsp3) is 0.789. The molecule has 2 nitrogen and oxygen atoms in total. The van der Waals surface area contributed by atoms with Crippen molar-refractivity contribution in [3.05, 3.63) is 24.8 Å². The van der Waals surface area contributed by atoms with E-state index >= 15 is 0 Å². The fourth-order valence-electron chi connectivity index (χ4n) is 5.38. The second-order valence-corrected chi connectivity index (χ2v) is 7.49. The van der Waals surface area contributed by atoms with E-state index in [0.29, 0.717) is 11.3 Å². The Morgan fingerprint density at radius 1 is 1.24 bits per heavy atom. The van der Waals surface area contributed by atoms with Gasteiger partial charge in [0.2, 0.25) is 0 Å². The van der Waals surface area contributed by atoms with Crippen LogP contribution in [0, 0.1) is 17.3 Å². The predicted octanol–water partition coefficient (Wildman–Crippen LogP) is 4.86. The Kier molecular flexibility index (Phi) is 4.29. The van der Waals surface area contributed by atoms with E-state index in [2.05, 4.69) is 26.2 Å². The average Bonchev–Trinajstić information content (AvgIpc) is 3.05. The largest absolute Gasteiger partial charge is 0.347 e. The average molecular weight is 290 g/mol. The van der Waals surface area contributed by atoms with E-state index in [1.54, 1.807) is 0 Å². The molecular weight excluding hydrogens is 260 g/mol. The lowest BCUT2D eigenvalue weighted by atomic mass is 9.60. The van der Waals surface area contributed by atoms with E-state index in [1.165, 1.54) is 37.7 Å². The number of ether oxygens (including phenoxy) is 2. The van der Waals surface area contributed by atoms with Crippen LogP contribution in [0.5, 0.6) is 0 Å². The Balaban J connectivity index is 1.87. The standard InChI is InChI=1S/C19H30O2/c1-4-9-18-10-5-6-16(8-7-15(2)3)17(18)19(12-11-18)20-13-14-21-19/h4,16-17H,1-2,5-14H2,3H3/t16-,17-,18-/m0/s1. The van der Waals surface area contributed by atoms with Crippen LogP contribution in [-0.4, -0.2) is 19.0 Å². The molecule has 2 heteroatoms. The maximum absolute atomic E-state index is 6.20. The minimum atomic E-state index is -0.275. The Morgan fingerprint density at radius 3 is 2.67 bits per heavy atom. The number of fused-ring (bicyclic) bond motifs is 2. The smallest absolute Gasteiger partial charge is 0.172 e. The van der Waals surface area contributed by atoms with E-state index in [0.717, 1.165) is 38.4 Å². The molecule has 3 atom stereocenters. The first-order valence-corrected chi connectivity index (χ1v) is 8.65. The zero-order valence-electron chi connectivity index (χ0n) is 13.5. The van der Waals surface area contributed by atoms with Crippen molar-refractivity contribution in [2.24, 2.45) is 17.3 Å². The fourth-order valence-corrected chi connectivity index (χ4v) is 5.38. The van der Waals surface area contributed by atoms with Gasteiger partial charge in [-0.25, -0.2) is 0 Å². The normalized spacial score (nSPS) is 37.6. The van der Waals surface area contributed by atoms with E-state index in [1.807, 2.05) is 0 Å². The SMILES string of the molecule is C=CC[C@@]12CCC[C@@H](CCC(=C)C)[C@@H]1C1(CC2)OCCO1. The molecule has 118 valence electrons. The minimum absolute atomic E-state index is 0.275. The summed E-state index contributed by atoms with van der Waals surface area (Å²) in [5, 5.41) is 0. The second kappa shape index (κ2) is 5.89.